The van der Waals surface area contributed by atoms with E-state index in [-0.39, 0.29) is 24.6 Å². The zero-order valence-electron chi connectivity index (χ0n) is 14.2. The molecule has 1 unspecified atom stereocenters. The Labute approximate surface area is 152 Å². The third-order valence-electron chi connectivity index (χ3n) is 3.92. The zero-order chi connectivity index (χ0) is 18.2. The lowest BCUT2D eigenvalue weighted by Gasteiger charge is -2.32. The quantitative estimate of drug-likeness (QED) is 0.786. The molecule has 0 spiro atoms. The van der Waals surface area contributed by atoms with E-state index < -0.39 is 6.10 Å². The van der Waals surface area contributed by atoms with E-state index in [0.29, 0.717) is 36.7 Å². The number of rotatable bonds is 6. The molecule has 1 aromatic rings. The molecule has 6 nitrogen and oxygen atoms in total. The van der Waals surface area contributed by atoms with Crippen LogP contribution in [0.15, 0.2) is 36.9 Å². The third-order valence-corrected chi connectivity index (χ3v) is 4.17. The Morgan fingerprint density at radius 3 is 2.60 bits per heavy atom. The third kappa shape index (κ3) is 5.98. The molecule has 1 fully saturated rings. The number of hydrogen-bond acceptors (Lipinski definition) is 4. The highest BCUT2D eigenvalue weighted by Gasteiger charge is 2.26. The van der Waals surface area contributed by atoms with Crippen molar-refractivity contribution in [3.63, 3.8) is 0 Å². The van der Waals surface area contributed by atoms with Crippen LogP contribution in [0.25, 0.3) is 0 Å². The molecule has 25 heavy (non-hydrogen) atoms. The Morgan fingerprint density at radius 1 is 1.36 bits per heavy atom. The minimum absolute atomic E-state index is 0.0206. The number of nitrogens with one attached hydrogen (secondary N) is 1. The smallest absolute Gasteiger partial charge is 0.410 e. The van der Waals surface area contributed by atoms with Crippen molar-refractivity contribution in [2.24, 2.45) is 0 Å². The van der Waals surface area contributed by atoms with E-state index in [4.69, 9.17) is 21.1 Å². The number of likely N-dealkylation sites (tertiary alicyclic amines) is 1. The topological polar surface area (TPSA) is 67.9 Å². The van der Waals surface area contributed by atoms with Gasteiger partial charge in [-0.05, 0) is 44.0 Å². The summed E-state index contributed by atoms with van der Waals surface area (Å²) in [6.07, 6.45) is 1.94. The maximum absolute atomic E-state index is 12.3. The predicted octanol–water partition coefficient (Wildman–Crippen LogP) is 3.01. The van der Waals surface area contributed by atoms with Crippen molar-refractivity contribution < 1.29 is 19.1 Å². The van der Waals surface area contributed by atoms with Gasteiger partial charge in [-0.3, -0.25) is 4.79 Å². The number of benzene rings is 1. The van der Waals surface area contributed by atoms with Crippen molar-refractivity contribution in [1.29, 1.82) is 0 Å². The number of halogens is 1. The van der Waals surface area contributed by atoms with Crippen molar-refractivity contribution in [2.45, 2.75) is 31.9 Å². The first kappa shape index (κ1) is 19.1. The Bertz CT molecular complexity index is 598. The minimum atomic E-state index is -0.614. The van der Waals surface area contributed by atoms with Crippen molar-refractivity contribution >= 4 is 23.6 Å². The van der Waals surface area contributed by atoms with Gasteiger partial charge in [0.05, 0.1) is 0 Å². The molecule has 1 saturated heterocycles. The SMILES string of the molecule is C=CCOC(=O)N1CCC(NC(=O)C(C)Oc2ccc(Cl)cc2)CC1. The molecule has 1 aliphatic rings. The standard InChI is InChI=1S/C18H23ClN2O4/c1-3-12-24-18(23)21-10-8-15(9-11-21)20-17(22)13(2)25-16-6-4-14(19)5-7-16/h3-7,13,15H,1,8-12H2,2H3,(H,20,22). The van der Waals surface area contributed by atoms with E-state index in [2.05, 4.69) is 11.9 Å². The average molecular weight is 367 g/mol. The van der Waals surface area contributed by atoms with Crippen molar-refractivity contribution in [1.82, 2.24) is 10.2 Å². The summed E-state index contributed by atoms with van der Waals surface area (Å²) in [5.74, 6) is 0.412. The maximum atomic E-state index is 12.3. The lowest BCUT2D eigenvalue weighted by atomic mass is 10.1. The fraction of sp³-hybridized carbons (Fsp3) is 0.444. The lowest BCUT2D eigenvalue weighted by molar-refractivity contribution is -0.128. The summed E-state index contributed by atoms with van der Waals surface area (Å²) >= 11 is 5.83. The second kappa shape index (κ2) is 9.32. The van der Waals surface area contributed by atoms with Crippen LogP contribution in [0, 0.1) is 0 Å². The molecule has 7 heteroatoms. The van der Waals surface area contributed by atoms with E-state index in [9.17, 15) is 9.59 Å². The summed E-state index contributed by atoms with van der Waals surface area (Å²) in [7, 11) is 0. The Balaban J connectivity index is 1.75. The van der Waals surface area contributed by atoms with Gasteiger partial charge in [-0.1, -0.05) is 24.3 Å². The van der Waals surface area contributed by atoms with Crippen LogP contribution in [0.3, 0.4) is 0 Å². The van der Waals surface area contributed by atoms with Crippen LogP contribution < -0.4 is 10.1 Å². The highest BCUT2D eigenvalue weighted by molar-refractivity contribution is 6.30. The van der Waals surface area contributed by atoms with Gasteiger partial charge >= 0.3 is 6.09 Å². The van der Waals surface area contributed by atoms with Crippen molar-refractivity contribution in [3.05, 3.63) is 41.9 Å². The van der Waals surface area contributed by atoms with Gasteiger partial charge in [-0.15, -0.1) is 0 Å². The number of piperidine rings is 1. The molecule has 0 radical (unpaired) electrons. The normalized spacial score (nSPS) is 16.0. The van der Waals surface area contributed by atoms with Crippen LogP contribution in [-0.4, -0.2) is 48.7 Å². The first-order chi connectivity index (χ1) is 12.0. The molecule has 1 aliphatic heterocycles. The highest BCUT2D eigenvalue weighted by Crippen LogP contribution is 2.17. The number of nitrogens with zero attached hydrogens (tertiary/aromatic N) is 1. The summed E-state index contributed by atoms with van der Waals surface area (Å²) < 4.78 is 10.6. The van der Waals surface area contributed by atoms with Gasteiger partial charge in [0.2, 0.25) is 0 Å². The van der Waals surface area contributed by atoms with Gasteiger partial charge in [0.1, 0.15) is 12.4 Å². The summed E-state index contributed by atoms with van der Waals surface area (Å²) in [4.78, 5) is 25.7. The van der Waals surface area contributed by atoms with E-state index in [1.54, 1.807) is 36.1 Å². The Kier molecular flexibility index (Phi) is 7.13. The summed E-state index contributed by atoms with van der Waals surface area (Å²) in [6.45, 7) is 6.51. The first-order valence-electron chi connectivity index (χ1n) is 8.24. The summed E-state index contributed by atoms with van der Waals surface area (Å²) in [5, 5.41) is 3.58. The van der Waals surface area contributed by atoms with Crippen molar-refractivity contribution in [2.75, 3.05) is 19.7 Å². The molecular formula is C18H23ClN2O4. The van der Waals surface area contributed by atoms with Crippen LogP contribution in [-0.2, 0) is 9.53 Å². The number of hydrogen-bond donors (Lipinski definition) is 1. The average Bonchev–Trinajstić information content (AvgIpc) is 2.62. The van der Waals surface area contributed by atoms with Crippen LogP contribution in [0.5, 0.6) is 5.75 Å². The second-order valence-electron chi connectivity index (χ2n) is 5.85. The van der Waals surface area contributed by atoms with E-state index in [1.807, 2.05) is 0 Å². The molecule has 2 rings (SSSR count). The predicted molar refractivity (Wildman–Crippen MR) is 95.8 cm³/mol. The van der Waals surface area contributed by atoms with Gasteiger partial charge in [0.25, 0.3) is 5.91 Å². The van der Waals surface area contributed by atoms with E-state index in [1.165, 1.54) is 6.08 Å². The molecule has 1 N–H and O–H groups in total. The van der Waals surface area contributed by atoms with Gasteiger partial charge in [-0.2, -0.15) is 0 Å². The fourth-order valence-corrected chi connectivity index (χ4v) is 2.64. The van der Waals surface area contributed by atoms with Gasteiger partial charge < -0.3 is 19.7 Å². The molecule has 0 aliphatic carbocycles. The zero-order valence-corrected chi connectivity index (χ0v) is 15.0. The van der Waals surface area contributed by atoms with Crippen LogP contribution in [0.4, 0.5) is 4.79 Å². The number of amides is 2. The van der Waals surface area contributed by atoms with E-state index >= 15 is 0 Å². The molecule has 0 bridgehead atoms. The Morgan fingerprint density at radius 2 is 2.00 bits per heavy atom. The van der Waals surface area contributed by atoms with Gasteiger partial charge in [0.15, 0.2) is 6.10 Å². The molecule has 2 amide bonds. The fourth-order valence-electron chi connectivity index (χ4n) is 2.52. The summed E-state index contributed by atoms with van der Waals surface area (Å²) in [6, 6.07) is 6.89. The highest BCUT2D eigenvalue weighted by atomic mass is 35.5. The maximum Gasteiger partial charge on any atom is 0.410 e. The molecular weight excluding hydrogens is 344 g/mol. The van der Waals surface area contributed by atoms with Gasteiger partial charge in [-0.25, -0.2) is 4.79 Å². The molecule has 136 valence electrons. The molecule has 1 heterocycles. The second-order valence-corrected chi connectivity index (χ2v) is 6.29. The van der Waals surface area contributed by atoms with Crippen LogP contribution >= 0.6 is 11.6 Å². The minimum Gasteiger partial charge on any atom is -0.481 e. The largest absolute Gasteiger partial charge is 0.481 e. The summed E-state index contributed by atoms with van der Waals surface area (Å²) in [5.41, 5.74) is 0. The van der Waals surface area contributed by atoms with Gasteiger partial charge in [0, 0.05) is 24.2 Å². The van der Waals surface area contributed by atoms with Crippen LogP contribution in [0.1, 0.15) is 19.8 Å². The molecule has 0 aromatic heterocycles. The molecule has 1 aromatic carbocycles. The Hall–Kier alpha value is -2.21. The number of carbonyl (C=O) groups excluding carboxylic acids is 2. The number of ether oxygens (including phenoxy) is 2. The van der Waals surface area contributed by atoms with E-state index in [0.717, 1.165) is 0 Å². The first-order valence-corrected chi connectivity index (χ1v) is 8.62. The monoisotopic (exact) mass is 366 g/mol. The molecule has 0 saturated carbocycles. The molecule has 1 atom stereocenters. The van der Waals surface area contributed by atoms with Crippen LogP contribution in [0.2, 0.25) is 5.02 Å². The van der Waals surface area contributed by atoms with Crippen molar-refractivity contribution in [3.8, 4) is 5.75 Å². The number of carbonyl (C=O) groups is 2. The lowest BCUT2D eigenvalue weighted by Crippen LogP contribution is -2.49.